The molecule has 2 aliphatic rings. The summed E-state index contributed by atoms with van der Waals surface area (Å²) in [6.45, 7) is 36.9. The second kappa shape index (κ2) is 41.3. The second-order valence-electron chi connectivity index (χ2n) is 34.6. The first-order valence-corrected chi connectivity index (χ1v) is 49.5. The summed E-state index contributed by atoms with van der Waals surface area (Å²) in [6, 6.07) is 61.6. The minimum Gasteiger partial charge on any atom is -0.139 e. The predicted molar refractivity (Wildman–Crippen MR) is 515 cm³/mol. The van der Waals surface area contributed by atoms with E-state index in [2.05, 4.69) is 269 Å². The fourth-order valence-electron chi connectivity index (χ4n) is 17.6. The Balaban J connectivity index is 0.000000158. The molecular weight excluding hydrogens is 1490 g/mol. The molecule has 0 radical (unpaired) electrons. The lowest BCUT2D eigenvalue weighted by Gasteiger charge is -2.22. The Morgan fingerprint density at radius 3 is 0.754 bits per heavy atom. The van der Waals surface area contributed by atoms with Crippen molar-refractivity contribution in [3.05, 3.63) is 245 Å². The molecule has 6 aromatic carbocycles. The fourth-order valence-corrected chi connectivity index (χ4v) is 24.8. The van der Waals surface area contributed by atoms with E-state index in [1.807, 2.05) is 68.0 Å². The van der Waals surface area contributed by atoms with E-state index in [0.717, 1.165) is 0 Å². The van der Waals surface area contributed by atoms with Gasteiger partial charge in [0.15, 0.2) is 0 Å². The molecule has 6 heterocycles. The van der Waals surface area contributed by atoms with Crippen LogP contribution in [0, 0.1) is 41.5 Å². The highest BCUT2D eigenvalue weighted by Gasteiger charge is 2.38. The van der Waals surface area contributed by atoms with Crippen LogP contribution >= 0.6 is 68.0 Å². The molecule has 2 aliphatic carbocycles. The van der Waals surface area contributed by atoms with E-state index >= 15 is 0 Å². The van der Waals surface area contributed by atoms with Gasteiger partial charge in [-0.05, 0) is 273 Å². The molecule has 0 spiro atoms. The van der Waals surface area contributed by atoms with Gasteiger partial charge >= 0.3 is 0 Å². The third kappa shape index (κ3) is 21.1. The summed E-state index contributed by atoms with van der Waals surface area (Å²) in [4.78, 5) is 17.8. The van der Waals surface area contributed by atoms with Gasteiger partial charge in [0.05, 0.1) is 0 Å². The van der Waals surface area contributed by atoms with Crippen molar-refractivity contribution in [1.29, 1.82) is 0 Å². The Hall–Kier alpha value is -6.48. The Morgan fingerprint density at radius 2 is 0.447 bits per heavy atom. The zero-order chi connectivity index (χ0) is 80.5. The SMILES string of the molecule is CCCCCCc1cc(-c2sc(-c3ccc(-c4ccc(C)cc4)cc3)cc2CCCCCC)sc1C.CCCCCCc1cc(-c2sc(-c3ccc4c(c3)C(C)(C)c3cc(C)ccc3-4)cc2CCCCCC)sc1C.CCCCCCc1cc(-c2sc(-c3ccc4c(c3)C(C)(C)c3cc(C)ccc3-4)cc2CCCCCC)sc1C. The molecule has 0 nitrogen and oxygen atoms in total. The van der Waals surface area contributed by atoms with Gasteiger partial charge in [0.25, 0.3) is 0 Å². The van der Waals surface area contributed by atoms with Crippen molar-refractivity contribution >= 4 is 68.0 Å². The zero-order valence-electron chi connectivity index (χ0n) is 72.7. The average molecular weight is 1620 g/mol. The molecule has 0 N–H and O–H groups in total. The van der Waals surface area contributed by atoms with Crippen molar-refractivity contribution in [2.75, 3.05) is 0 Å². The average Bonchev–Trinajstić information content (AvgIpc) is 1.58. The van der Waals surface area contributed by atoms with E-state index in [4.69, 9.17) is 0 Å². The molecule has 12 aromatic rings. The van der Waals surface area contributed by atoms with Crippen molar-refractivity contribution in [3.63, 3.8) is 0 Å². The number of fused-ring (bicyclic) bond motifs is 6. The highest BCUT2D eigenvalue weighted by atomic mass is 32.1. The third-order valence-electron chi connectivity index (χ3n) is 24.7. The maximum absolute atomic E-state index is 2.53. The quantitative estimate of drug-likeness (QED) is 0.0341. The molecule has 114 heavy (non-hydrogen) atoms. The van der Waals surface area contributed by atoms with Crippen LogP contribution in [0.25, 0.3) is 94.0 Å². The Kier molecular flexibility index (Phi) is 31.4. The minimum absolute atomic E-state index is 0.0350. The first kappa shape index (κ1) is 86.8. The first-order valence-electron chi connectivity index (χ1n) is 44.6. The van der Waals surface area contributed by atoms with Gasteiger partial charge in [-0.2, -0.15) is 0 Å². The number of thiophene rings is 6. The van der Waals surface area contributed by atoms with E-state index in [1.165, 1.54) is 340 Å². The van der Waals surface area contributed by atoms with Gasteiger partial charge < -0.3 is 0 Å². The molecule has 0 unspecified atom stereocenters. The zero-order valence-corrected chi connectivity index (χ0v) is 77.6. The van der Waals surface area contributed by atoms with E-state index < -0.39 is 0 Å². The third-order valence-corrected chi connectivity index (χ3v) is 32.2. The van der Waals surface area contributed by atoms with Crippen LogP contribution in [0.1, 0.15) is 310 Å². The highest BCUT2D eigenvalue weighted by molar-refractivity contribution is 7.25. The topological polar surface area (TPSA) is 0 Å². The number of benzene rings is 6. The van der Waals surface area contributed by atoms with Crippen LogP contribution in [0.3, 0.4) is 0 Å². The van der Waals surface area contributed by atoms with E-state index in [1.54, 1.807) is 33.4 Å². The molecule has 0 saturated carbocycles. The molecule has 0 bridgehead atoms. The van der Waals surface area contributed by atoms with Crippen LogP contribution in [-0.2, 0) is 49.4 Å². The van der Waals surface area contributed by atoms with Crippen molar-refractivity contribution in [1.82, 2.24) is 0 Å². The molecule has 6 heteroatoms. The lowest BCUT2D eigenvalue weighted by atomic mass is 9.81. The Bertz CT molecular complexity index is 4850. The number of rotatable bonds is 37. The van der Waals surface area contributed by atoms with Crippen molar-refractivity contribution in [2.45, 2.75) is 314 Å². The van der Waals surface area contributed by atoms with Gasteiger partial charge in [-0.1, -0.05) is 311 Å². The van der Waals surface area contributed by atoms with Crippen LogP contribution in [0.5, 0.6) is 0 Å². The van der Waals surface area contributed by atoms with Crippen molar-refractivity contribution < 1.29 is 0 Å². The largest absolute Gasteiger partial charge is 0.139 e. The number of hydrogen-bond donors (Lipinski definition) is 0. The van der Waals surface area contributed by atoms with E-state index in [0.29, 0.717) is 0 Å². The molecule has 0 aliphatic heterocycles. The molecule has 602 valence electrons. The lowest BCUT2D eigenvalue weighted by molar-refractivity contribution is 0.660. The monoisotopic (exact) mass is 1620 g/mol. The normalized spacial score (nSPS) is 12.9. The van der Waals surface area contributed by atoms with Crippen molar-refractivity contribution in [3.8, 4) is 94.0 Å². The predicted octanol–water partition coefficient (Wildman–Crippen LogP) is 36.3. The van der Waals surface area contributed by atoms with E-state index in [-0.39, 0.29) is 10.8 Å². The summed E-state index contributed by atoms with van der Waals surface area (Å²) in [5.41, 5.74) is 31.7. The molecule has 0 amide bonds. The van der Waals surface area contributed by atoms with E-state index in [9.17, 15) is 0 Å². The van der Waals surface area contributed by atoms with Crippen LogP contribution in [0.2, 0.25) is 0 Å². The van der Waals surface area contributed by atoms with Crippen molar-refractivity contribution in [2.24, 2.45) is 0 Å². The second-order valence-corrected chi connectivity index (χ2v) is 41.6. The van der Waals surface area contributed by atoms with Gasteiger partial charge in [-0.3, -0.25) is 0 Å². The number of hydrogen-bond acceptors (Lipinski definition) is 6. The molecular formula is C108H134S6. The summed E-state index contributed by atoms with van der Waals surface area (Å²) >= 11 is 12.1. The van der Waals surface area contributed by atoms with Gasteiger partial charge in [0, 0.05) is 69.4 Å². The number of aryl methyl sites for hydroxylation is 12. The standard InChI is InChI=1S/2C37H46S2.C34H42S2/c2*1-7-9-11-13-15-27-23-35(38-26(27)4)36-29(16-14-12-10-8-2)24-34(39-36)28-18-20-31-30-19-17-25(3)21-32(30)37(5,6)33(31)22-28;1-5-7-9-11-13-30-23-33(35-26(30)4)34-31(14-12-10-8-6-2)24-32(36-34)29-21-19-28(20-22-29)27-17-15-25(3)16-18-27/h2*17-24H,7-16H2,1-6H3;15-24H,5-14H2,1-4H3. The molecule has 6 aromatic heterocycles. The molecule has 0 saturated heterocycles. The molecule has 14 rings (SSSR count). The summed E-state index contributed by atoms with van der Waals surface area (Å²) < 4.78 is 0. The fraction of sp³-hybridized carbons (Fsp3) is 0.444. The maximum atomic E-state index is 2.53. The summed E-state index contributed by atoms with van der Waals surface area (Å²) in [6.07, 6.45) is 39.0. The van der Waals surface area contributed by atoms with Gasteiger partial charge in [0.1, 0.15) is 0 Å². The molecule has 0 fully saturated rings. The highest BCUT2D eigenvalue weighted by Crippen LogP contribution is 2.54. The Labute approximate surface area is 714 Å². The van der Waals surface area contributed by atoms with Gasteiger partial charge in [0.2, 0.25) is 0 Å². The van der Waals surface area contributed by atoms with Crippen LogP contribution in [0.4, 0.5) is 0 Å². The molecule has 0 atom stereocenters. The first-order chi connectivity index (χ1) is 55.2. The Morgan fingerprint density at radius 1 is 0.211 bits per heavy atom. The maximum Gasteiger partial charge on any atom is 0.0481 e. The summed E-state index contributed by atoms with van der Waals surface area (Å²) in [5, 5.41) is 0. The minimum atomic E-state index is 0.0350. The van der Waals surface area contributed by atoms with Crippen LogP contribution < -0.4 is 0 Å². The smallest absolute Gasteiger partial charge is 0.0481 e. The summed E-state index contributed by atoms with van der Waals surface area (Å²) in [5.74, 6) is 0. The number of unbranched alkanes of at least 4 members (excludes halogenated alkanes) is 18. The van der Waals surface area contributed by atoms with Crippen LogP contribution in [-0.4, -0.2) is 0 Å². The van der Waals surface area contributed by atoms with Gasteiger partial charge in [-0.25, -0.2) is 0 Å². The summed E-state index contributed by atoms with van der Waals surface area (Å²) in [7, 11) is 0. The lowest BCUT2D eigenvalue weighted by Crippen LogP contribution is -2.15. The van der Waals surface area contributed by atoms with Crippen LogP contribution in [0.15, 0.2) is 158 Å². The van der Waals surface area contributed by atoms with Gasteiger partial charge in [-0.15, -0.1) is 68.0 Å².